The van der Waals surface area contributed by atoms with Gasteiger partial charge in [0.25, 0.3) is 0 Å². The van der Waals surface area contributed by atoms with E-state index in [0.717, 1.165) is 42.6 Å². The first-order valence-electron chi connectivity index (χ1n) is 8.67. The van der Waals surface area contributed by atoms with Crippen LogP contribution in [0.5, 0.6) is 0 Å². The highest BCUT2D eigenvalue weighted by atomic mass is 35.5. The van der Waals surface area contributed by atoms with E-state index in [1.807, 2.05) is 37.6 Å². The fraction of sp³-hybridized carbons (Fsp3) is 0.444. The Bertz CT molecular complexity index is 726. The lowest BCUT2D eigenvalue weighted by Crippen LogP contribution is -2.44. The summed E-state index contributed by atoms with van der Waals surface area (Å²) in [5, 5.41) is 11.8. The van der Waals surface area contributed by atoms with E-state index in [4.69, 9.17) is 11.6 Å². The fourth-order valence-electron chi connectivity index (χ4n) is 3.02. The Morgan fingerprint density at radius 3 is 3.04 bits per heavy atom. The summed E-state index contributed by atoms with van der Waals surface area (Å²) < 4.78 is 1.80. The lowest BCUT2D eigenvalue weighted by Gasteiger charge is -2.20. The number of halogens is 1. The molecule has 2 N–H and O–H groups in total. The Balaban J connectivity index is 1.59. The van der Waals surface area contributed by atoms with Crippen LogP contribution in [0.15, 0.2) is 41.7 Å². The van der Waals surface area contributed by atoms with Crippen molar-refractivity contribution in [3.8, 4) is 0 Å². The molecule has 2 heterocycles. The molecular formula is C18H25ClN6. The van der Waals surface area contributed by atoms with Gasteiger partial charge >= 0.3 is 0 Å². The van der Waals surface area contributed by atoms with Crippen molar-refractivity contribution < 1.29 is 0 Å². The van der Waals surface area contributed by atoms with Crippen LogP contribution >= 0.6 is 11.6 Å². The van der Waals surface area contributed by atoms with Crippen LogP contribution in [0.1, 0.15) is 18.9 Å². The van der Waals surface area contributed by atoms with Crippen molar-refractivity contribution >= 4 is 23.2 Å². The van der Waals surface area contributed by atoms with Crippen LogP contribution in [0.25, 0.3) is 0 Å². The number of aliphatic imine (C=N–C) groups is 1. The van der Waals surface area contributed by atoms with E-state index in [0.29, 0.717) is 12.6 Å². The Labute approximate surface area is 153 Å². The molecule has 0 aliphatic carbocycles. The summed E-state index contributed by atoms with van der Waals surface area (Å²) in [6.07, 6.45) is 4.91. The fourth-order valence-corrected chi connectivity index (χ4v) is 3.21. The number of hydrogen-bond acceptors (Lipinski definition) is 3. The molecule has 6 nitrogen and oxygen atoms in total. The molecule has 0 saturated carbocycles. The van der Waals surface area contributed by atoms with E-state index in [9.17, 15) is 0 Å². The van der Waals surface area contributed by atoms with Crippen LogP contribution in [-0.4, -0.2) is 41.4 Å². The molecule has 1 aliphatic heterocycles. The highest BCUT2D eigenvalue weighted by Gasteiger charge is 2.23. The lowest BCUT2D eigenvalue weighted by molar-refractivity contribution is 0.649. The van der Waals surface area contributed by atoms with Gasteiger partial charge in [-0.05, 0) is 31.5 Å². The van der Waals surface area contributed by atoms with Crippen molar-refractivity contribution in [2.24, 2.45) is 12.0 Å². The standard InChI is InChI=1S/C18H25ClN6/c1-3-20-18(21-10-14-11-22-24(2)12-14)23-16-7-8-25(13-16)17-6-4-5-15(19)9-17/h4-6,9,11-12,16H,3,7-8,10,13H2,1-2H3,(H2,20,21,23). The van der Waals surface area contributed by atoms with Gasteiger partial charge in [0.1, 0.15) is 0 Å². The maximum absolute atomic E-state index is 6.11. The molecular weight excluding hydrogens is 336 g/mol. The van der Waals surface area contributed by atoms with Crippen molar-refractivity contribution in [1.82, 2.24) is 20.4 Å². The second kappa shape index (κ2) is 8.25. The Hall–Kier alpha value is -2.21. The number of anilines is 1. The zero-order chi connectivity index (χ0) is 17.6. The van der Waals surface area contributed by atoms with Crippen LogP contribution in [-0.2, 0) is 13.6 Å². The van der Waals surface area contributed by atoms with Gasteiger partial charge in [0.05, 0.1) is 12.7 Å². The van der Waals surface area contributed by atoms with E-state index in [1.54, 1.807) is 4.68 Å². The van der Waals surface area contributed by atoms with E-state index in [-0.39, 0.29) is 0 Å². The van der Waals surface area contributed by atoms with Crippen molar-refractivity contribution in [1.29, 1.82) is 0 Å². The van der Waals surface area contributed by atoms with Crippen LogP contribution in [0.2, 0.25) is 5.02 Å². The van der Waals surface area contributed by atoms with E-state index >= 15 is 0 Å². The van der Waals surface area contributed by atoms with Gasteiger partial charge in [-0.2, -0.15) is 5.10 Å². The number of aryl methyl sites for hydroxylation is 1. The largest absolute Gasteiger partial charge is 0.369 e. The highest BCUT2D eigenvalue weighted by molar-refractivity contribution is 6.30. The zero-order valence-corrected chi connectivity index (χ0v) is 15.5. The maximum Gasteiger partial charge on any atom is 0.191 e. The van der Waals surface area contributed by atoms with Gasteiger partial charge in [-0.25, -0.2) is 4.99 Å². The van der Waals surface area contributed by atoms with Gasteiger partial charge in [-0.1, -0.05) is 17.7 Å². The second-order valence-electron chi connectivity index (χ2n) is 6.27. The quantitative estimate of drug-likeness (QED) is 0.635. The van der Waals surface area contributed by atoms with Crippen molar-refractivity contribution in [2.45, 2.75) is 25.9 Å². The number of guanidine groups is 1. The summed E-state index contributed by atoms with van der Waals surface area (Å²) in [6.45, 7) is 5.49. The first kappa shape index (κ1) is 17.6. The minimum atomic E-state index is 0.366. The summed E-state index contributed by atoms with van der Waals surface area (Å²) in [4.78, 5) is 7.03. The first-order valence-corrected chi connectivity index (χ1v) is 9.04. The number of nitrogens with zero attached hydrogens (tertiary/aromatic N) is 4. The summed E-state index contributed by atoms with van der Waals surface area (Å²) in [6, 6.07) is 8.40. The molecule has 1 aromatic carbocycles. The number of benzene rings is 1. The summed E-state index contributed by atoms with van der Waals surface area (Å²) in [5.74, 6) is 0.851. The van der Waals surface area contributed by atoms with Crippen LogP contribution in [0.3, 0.4) is 0 Å². The third kappa shape index (κ3) is 4.89. The molecule has 134 valence electrons. The molecule has 1 aromatic heterocycles. The van der Waals surface area contributed by atoms with E-state index in [1.165, 1.54) is 5.69 Å². The Morgan fingerprint density at radius 1 is 1.44 bits per heavy atom. The summed E-state index contributed by atoms with van der Waals surface area (Å²) >= 11 is 6.11. The predicted octanol–water partition coefficient (Wildman–Crippen LogP) is 2.41. The molecule has 0 spiro atoms. The minimum absolute atomic E-state index is 0.366. The third-order valence-corrected chi connectivity index (χ3v) is 4.46. The highest BCUT2D eigenvalue weighted by Crippen LogP contribution is 2.23. The van der Waals surface area contributed by atoms with Gasteiger partial charge in [0.15, 0.2) is 5.96 Å². The van der Waals surface area contributed by atoms with Gasteiger partial charge in [-0.3, -0.25) is 4.68 Å². The smallest absolute Gasteiger partial charge is 0.191 e. The second-order valence-corrected chi connectivity index (χ2v) is 6.71. The Morgan fingerprint density at radius 2 is 2.32 bits per heavy atom. The average Bonchev–Trinajstić information content (AvgIpc) is 3.22. The molecule has 3 rings (SSSR count). The lowest BCUT2D eigenvalue weighted by atomic mass is 10.2. The predicted molar refractivity (Wildman–Crippen MR) is 103 cm³/mol. The number of rotatable bonds is 5. The van der Waals surface area contributed by atoms with Crippen molar-refractivity contribution in [2.75, 3.05) is 24.5 Å². The van der Waals surface area contributed by atoms with Crippen LogP contribution in [0, 0.1) is 0 Å². The summed E-state index contributed by atoms with van der Waals surface area (Å²) in [7, 11) is 1.92. The molecule has 1 atom stereocenters. The zero-order valence-electron chi connectivity index (χ0n) is 14.7. The topological polar surface area (TPSA) is 57.5 Å². The van der Waals surface area contributed by atoms with Gasteiger partial charge in [0, 0.05) is 55.2 Å². The van der Waals surface area contributed by atoms with Gasteiger partial charge < -0.3 is 15.5 Å². The van der Waals surface area contributed by atoms with E-state index < -0.39 is 0 Å². The minimum Gasteiger partial charge on any atom is -0.369 e. The monoisotopic (exact) mass is 360 g/mol. The molecule has 1 unspecified atom stereocenters. The van der Waals surface area contributed by atoms with Crippen molar-refractivity contribution in [3.05, 3.63) is 47.2 Å². The van der Waals surface area contributed by atoms with Gasteiger partial charge in [-0.15, -0.1) is 0 Å². The molecule has 1 fully saturated rings. The molecule has 25 heavy (non-hydrogen) atoms. The molecule has 1 saturated heterocycles. The number of hydrogen-bond donors (Lipinski definition) is 2. The molecule has 2 aromatic rings. The Kier molecular flexibility index (Phi) is 5.81. The van der Waals surface area contributed by atoms with Crippen LogP contribution < -0.4 is 15.5 Å². The van der Waals surface area contributed by atoms with E-state index in [2.05, 4.69) is 38.6 Å². The third-order valence-electron chi connectivity index (χ3n) is 4.22. The number of aromatic nitrogens is 2. The summed E-state index contributed by atoms with van der Waals surface area (Å²) in [5.41, 5.74) is 2.28. The number of nitrogens with one attached hydrogen (secondary N) is 2. The molecule has 0 bridgehead atoms. The maximum atomic E-state index is 6.11. The molecule has 7 heteroatoms. The molecule has 0 amide bonds. The molecule has 1 aliphatic rings. The molecule has 0 radical (unpaired) electrons. The van der Waals surface area contributed by atoms with Crippen LogP contribution in [0.4, 0.5) is 5.69 Å². The normalized spacial score (nSPS) is 17.8. The SMILES string of the molecule is CCNC(=NCc1cnn(C)c1)NC1CCN(c2cccc(Cl)c2)C1. The van der Waals surface area contributed by atoms with Crippen molar-refractivity contribution in [3.63, 3.8) is 0 Å². The first-order chi connectivity index (χ1) is 12.1. The average molecular weight is 361 g/mol. The van der Waals surface area contributed by atoms with Gasteiger partial charge in [0.2, 0.25) is 0 Å².